The first-order valence-corrected chi connectivity index (χ1v) is 6.27. The van der Waals surface area contributed by atoms with Gasteiger partial charge in [0.05, 0.1) is 6.54 Å². The summed E-state index contributed by atoms with van der Waals surface area (Å²) in [5.74, 6) is 0.250. The van der Waals surface area contributed by atoms with E-state index in [2.05, 4.69) is 0 Å². The molecule has 0 saturated carbocycles. The van der Waals surface area contributed by atoms with Crippen LogP contribution in [0.3, 0.4) is 0 Å². The Morgan fingerprint density at radius 1 is 1.26 bits per heavy atom. The van der Waals surface area contributed by atoms with E-state index < -0.39 is 6.10 Å². The van der Waals surface area contributed by atoms with Crippen LogP contribution in [0, 0.1) is 6.92 Å². The number of hydrogen-bond donors (Lipinski definition) is 1. The normalized spacial score (nSPS) is 16.8. The second kappa shape index (κ2) is 5.84. The van der Waals surface area contributed by atoms with Crippen LogP contribution in [0.15, 0.2) is 24.3 Å². The van der Waals surface area contributed by atoms with E-state index in [1.807, 2.05) is 31.2 Å². The van der Waals surface area contributed by atoms with Crippen molar-refractivity contribution in [1.82, 2.24) is 4.90 Å². The molecule has 2 rings (SSSR count). The van der Waals surface area contributed by atoms with E-state index >= 15 is 0 Å². The second-order valence-corrected chi connectivity index (χ2v) is 4.63. The van der Waals surface area contributed by atoms with Gasteiger partial charge >= 0.3 is 0 Å². The number of β-amino-alcohol motifs (C(OH)–C–C–N with tert-alkyl or cyclic N) is 1. The minimum atomic E-state index is -0.870. The maximum Gasteiger partial charge on any atom is 0.229 e. The highest BCUT2D eigenvalue weighted by molar-refractivity contribution is 6.01. The van der Waals surface area contributed by atoms with Crippen LogP contribution < -0.4 is 4.74 Å². The topological polar surface area (TPSA) is 66.8 Å². The van der Waals surface area contributed by atoms with Crippen molar-refractivity contribution < 1.29 is 19.4 Å². The average molecular weight is 263 g/mol. The summed E-state index contributed by atoms with van der Waals surface area (Å²) in [5.41, 5.74) is 0.975. The molecular weight excluding hydrogens is 246 g/mol. The van der Waals surface area contributed by atoms with E-state index in [4.69, 9.17) is 4.74 Å². The van der Waals surface area contributed by atoms with E-state index in [0.717, 1.165) is 10.5 Å². The number of benzene rings is 1. The van der Waals surface area contributed by atoms with Gasteiger partial charge in [0, 0.05) is 12.8 Å². The van der Waals surface area contributed by atoms with Gasteiger partial charge in [-0.3, -0.25) is 14.5 Å². The molecule has 19 heavy (non-hydrogen) atoms. The van der Waals surface area contributed by atoms with Crippen LogP contribution in [0.25, 0.3) is 0 Å². The Bertz CT molecular complexity index is 470. The number of hydrogen-bond acceptors (Lipinski definition) is 4. The number of rotatable bonds is 5. The van der Waals surface area contributed by atoms with Crippen LogP contribution in [0.2, 0.25) is 0 Å². The van der Waals surface area contributed by atoms with Crippen molar-refractivity contribution in [3.05, 3.63) is 29.8 Å². The molecule has 0 spiro atoms. The number of aryl methyl sites for hydroxylation is 1. The predicted molar refractivity (Wildman–Crippen MR) is 68.6 cm³/mol. The van der Waals surface area contributed by atoms with Crippen LogP contribution >= 0.6 is 0 Å². The lowest BCUT2D eigenvalue weighted by molar-refractivity contribution is -0.140. The van der Waals surface area contributed by atoms with Crippen LogP contribution in [0.1, 0.15) is 18.4 Å². The number of likely N-dealkylation sites (tertiary alicyclic amines) is 1. The van der Waals surface area contributed by atoms with Gasteiger partial charge in [-0.25, -0.2) is 0 Å². The van der Waals surface area contributed by atoms with Gasteiger partial charge in [0.25, 0.3) is 0 Å². The fourth-order valence-corrected chi connectivity index (χ4v) is 1.99. The fourth-order valence-electron chi connectivity index (χ4n) is 1.99. The molecule has 102 valence electrons. The molecule has 0 bridgehead atoms. The summed E-state index contributed by atoms with van der Waals surface area (Å²) in [4.78, 5) is 23.9. The van der Waals surface area contributed by atoms with E-state index in [9.17, 15) is 14.7 Å². The Labute approximate surface area is 111 Å². The van der Waals surface area contributed by atoms with Crippen molar-refractivity contribution in [2.45, 2.75) is 25.9 Å². The van der Waals surface area contributed by atoms with Crippen LogP contribution in [0.5, 0.6) is 5.75 Å². The van der Waals surface area contributed by atoms with E-state index in [1.54, 1.807) is 0 Å². The highest BCUT2D eigenvalue weighted by atomic mass is 16.5. The summed E-state index contributed by atoms with van der Waals surface area (Å²) in [5, 5.41) is 9.83. The lowest BCUT2D eigenvalue weighted by Crippen LogP contribution is -2.38. The molecule has 0 radical (unpaired) electrons. The molecule has 1 saturated heterocycles. The minimum absolute atomic E-state index is 0.00352. The summed E-state index contributed by atoms with van der Waals surface area (Å²) >= 11 is 0. The molecule has 1 aliphatic rings. The van der Waals surface area contributed by atoms with Gasteiger partial charge in [-0.1, -0.05) is 18.2 Å². The number of para-hydroxylation sites is 1. The molecule has 1 fully saturated rings. The van der Waals surface area contributed by atoms with Crippen molar-refractivity contribution in [2.75, 3.05) is 13.2 Å². The number of imide groups is 1. The first-order valence-electron chi connectivity index (χ1n) is 6.27. The Morgan fingerprint density at radius 3 is 2.53 bits per heavy atom. The number of carbonyl (C=O) groups excluding carboxylic acids is 2. The minimum Gasteiger partial charge on any atom is -0.491 e. The zero-order chi connectivity index (χ0) is 13.8. The Hall–Kier alpha value is -1.88. The summed E-state index contributed by atoms with van der Waals surface area (Å²) in [6.07, 6.45) is -0.389. The van der Waals surface area contributed by atoms with Crippen molar-refractivity contribution in [1.29, 1.82) is 0 Å². The zero-order valence-electron chi connectivity index (χ0n) is 10.8. The van der Waals surface area contributed by atoms with Gasteiger partial charge in [0.1, 0.15) is 18.5 Å². The molecule has 0 aromatic heterocycles. The molecule has 1 unspecified atom stereocenters. The first-order chi connectivity index (χ1) is 9.08. The van der Waals surface area contributed by atoms with Crippen LogP contribution in [-0.2, 0) is 9.59 Å². The number of carbonyl (C=O) groups is 2. The molecular formula is C14H17NO4. The van der Waals surface area contributed by atoms with E-state index in [1.165, 1.54) is 0 Å². The van der Waals surface area contributed by atoms with Gasteiger partial charge < -0.3 is 9.84 Å². The number of aliphatic hydroxyl groups excluding tert-OH is 1. The van der Waals surface area contributed by atoms with Crippen molar-refractivity contribution in [2.24, 2.45) is 0 Å². The third kappa shape index (κ3) is 3.32. The Kier molecular flexibility index (Phi) is 4.16. The molecule has 1 aromatic carbocycles. The van der Waals surface area contributed by atoms with Crippen molar-refractivity contribution >= 4 is 11.8 Å². The summed E-state index contributed by atoms with van der Waals surface area (Å²) in [7, 11) is 0. The van der Waals surface area contributed by atoms with Gasteiger partial charge in [0.2, 0.25) is 11.8 Å². The molecule has 1 aromatic rings. The van der Waals surface area contributed by atoms with Gasteiger partial charge in [-0.2, -0.15) is 0 Å². The SMILES string of the molecule is Cc1ccccc1OCC(O)CN1C(=O)CCC1=O. The highest BCUT2D eigenvalue weighted by Gasteiger charge is 2.30. The molecule has 5 heteroatoms. The Morgan fingerprint density at radius 2 is 1.89 bits per heavy atom. The monoisotopic (exact) mass is 263 g/mol. The standard InChI is InChI=1S/C14H17NO4/c1-10-4-2-3-5-12(10)19-9-11(16)8-15-13(17)6-7-14(15)18/h2-5,11,16H,6-9H2,1H3. The van der Waals surface area contributed by atoms with E-state index in [0.29, 0.717) is 5.75 Å². The Balaban J connectivity index is 1.85. The number of aliphatic hydroxyl groups is 1. The fraction of sp³-hybridized carbons (Fsp3) is 0.429. The molecule has 1 aliphatic heterocycles. The van der Waals surface area contributed by atoms with Gasteiger partial charge in [0.15, 0.2) is 0 Å². The maximum absolute atomic E-state index is 11.4. The third-order valence-corrected chi connectivity index (χ3v) is 3.07. The molecule has 1 atom stereocenters. The third-order valence-electron chi connectivity index (χ3n) is 3.07. The number of ether oxygens (including phenoxy) is 1. The van der Waals surface area contributed by atoms with Crippen LogP contribution in [0.4, 0.5) is 0 Å². The van der Waals surface area contributed by atoms with Crippen LogP contribution in [-0.4, -0.2) is 41.1 Å². The summed E-state index contributed by atoms with van der Waals surface area (Å²) in [6.45, 7) is 1.97. The van der Waals surface area contributed by atoms with Crippen molar-refractivity contribution in [3.8, 4) is 5.75 Å². The van der Waals surface area contributed by atoms with Gasteiger partial charge in [-0.05, 0) is 18.6 Å². The highest BCUT2D eigenvalue weighted by Crippen LogP contribution is 2.17. The van der Waals surface area contributed by atoms with E-state index in [-0.39, 0.29) is 37.8 Å². The molecule has 2 amide bonds. The maximum atomic E-state index is 11.4. The molecule has 5 nitrogen and oxygen atoms in total. The lowest BCUT2D eigenvalue weighted by atomic mass is 10.2. The number of nitrogens with zero attached hydrogens (tertiary/aromatic N) is 1. The zero-order valence-corrected chi connectivity index (χ0v) is 10.8. The summed E-state index contributed by atoms with van der Waals surface area (Å²) in [6, 6.07) is 7.48. The quantitative estimate of drug-likeness (QED) is 0.801. The second-order valence-electron chi connectivity index (χ2n) is 4.63. The molecule has 1 N–H and O–H groups in total. The molecule has 0 aliphatic carbocycles. The van der Waals surface area contributed by atoms with Crippen molar-refractivity contribution in [3.63, 3.8) is 0 Å². The molecule has 1 heterocycles. The van der Waals surface area contributed by atoms with Gasteiger partial charge in [-0.15, -0.1) is 0 Å². The predicted octanol–water partition coefficient (Wildman–Crippen LogP) is 0.884. The first kappa shape index (κ1) is 13.5. The lowest BCUT2D eigenvalue weighted by Gasteiger charge is -2.19. The average Bonchev–Trinajstić information content (AvgIpc) is 2.70. The smallest absolute Gasteiger partial charge is 0.229 e. The largest absolute Gasteiger partial charge is 0.491 e. The summed E-state index contributed by atoms with van der Waals surface area (Å²) < 4.78 is 5.48. The number of amides is 2.